The predicted octanol–water partition coefficient (Wildman–Crippen LogP) is 3.00. The van der Waals surface area contributed by atoms with Gasteiger partial charge in [-0.1, -0.05) is 44.2 Å². The lowest BCUT2D eigenvalue weighted by molar-refractivity contribution is 0.0938. The molecule has 29 heavy (non-hydrogen) atoms. The molecule has 0 saturated heterocycles. The Morgan fingerprint density at radius 3 is 2.55 bits per heavy atom. The Kier molecular flexibility index (Phi) is 6.56. The van der Waals surface area contributed by atoms with Gasteiger partial charge in [0.2, 0.25) is 0 Å². The molecule has 7 nitrogen and oxygen atoms in total. The van der Waals surface area contributed by atoms with E-state index in [0.717, 1.165) is 18.5 Å². The van der Waals surface area contributed by atoms with Gasteiger partial charge in [0.1, 0.15) is 0 Å². The van der Waals surface area contributed by atoms with E-state index in [4.69, 9.17) is 12.2 Å². The number of amides is 1. The molecule has 3 aromatic rings. The Bertz CT molecular complexity index is 1110. The van der Waals surface area contributed by atoms with Crippen LogP contribution in [0.5, 0.6) is 0 Å². The van der Waals surface area contributed by atoms with Gasteiger partial charge in [-0.2, -0.15) is 5.10 Å². The summed E-state index contributed by atoms with van der Waals surface area (Å²) in [4.78, 5) is 25.3. The Balaban J connectivity index is 1.76. The van der Waals surface area contributed by atoms with E-state index in [2.05, 4.69) is 28.2 Å². The predicted molar refractivity (Wildman–Crippen MR) is 119 cm³/mol. The van der Waals surface area contributed by atoms with Crippen molar-refractivity contribution in [1.29, 1.82) is 0 Å². The van der Waals surface area contributed by atoms with Gasteiger partial charge < -0.3 is 5.32 Å². The highest BCUT2D eigenvalue weighted by Gasteiger charge is 2.16. The number of carbonyl (C=O) groups is 1. The SMILES string of the molecule is CCCn1nc(C(=O)NNC(=S)Nc2cccc(CC)c2)c2ccccc2c1=O. The molecule has 0 radical (unpaired) electrons. The molecule has 0 atom stereocenters. The topological polar surface area (TPSA) is 88.1 Å². The zero-order chi connectivity index (χ0) is 20.8. The van der Waals surface area contributed by atoms with Crippen LogP contribution in [-0.2, 0) is 13.0 Å². The summed E-state index contributed by atoms with van der Waals surface area (Å²) in [6.45, 7) is 4.46. The number of nitrogens with one attached hydrogen (secondary N) is 3. The monoisotopic (exact) mass is 409 g/mol. The number of aryl methyl sites for hydroxylation is 2. The lowest BCUT2D eigenvalue weighted by atomic mass is 10.1. The van der Waals surface area contributed by atoms with Crippen molar-refractivity contribution in [2.45, 2.75) is 33.2 Å². The van der Waals surface area contributed by atoms with Crippen LogP contribution in [0.4, 0.5) is 5.69 Å². The second kappa shape index (κ2) is 9.29. The fourth-order valence-electron chi connectivity index (χ4n) is 2.97. The Morgan fingerprint density at radius 1 is 1.07 bits per heavy atom. The summed E-state index contributed by atoms with van der Waals surface area (Å²) in [5.74, 6) is -0.475. The van der Waals surface area contributed by atoms with E-state index in [9.17, 15) is 9.59 Å². The van der Waals surface area contributed by atoms with E-state index in [0.29, 0.717) is 17.3 Å². The van der Waals surface area contributed by atoms with Gasteiger partial charge in [-0.15, -0.1) is 0 Å². The first-order chi connectivity index (χ1) is 14.0. The first kappa shape index (κ1) is 20.5. The van der Waals surface area contributed by atoms with Crippen LogP contribution < -0.4 is 21.7 Å². The third kappa shape index (κ3) is 4.78. The third-order valence-electron chi connectivity index (χ3n) is 4.40. The van der Waals surface area contributed by atoms with Crippen molar-refractivity contribution in [3.8, 4) is 0 Å². The molecular formula is C21H23N5O2S. The molecule has 1 amide bonds. The normalized spacial score (nSPS) is 10.6. The average molecular weight is 410 g/mol. The summed E-state index contributed by atoms with van der Waals surface area (Å²) in [6, 6.07) is 14.8. The molecule has 0 aliphatic heterocycles. The summed E-state index contributed by atoms with van der Waals surface area (Å²) < 4.78 is 1.32. The highest BCUT2D eigenvalue weighted by atomic mass is 32.1. The van der Waals surface area contributed by atoms with Crippen molar-refractivity contribution >= 4 is 39.7 Å². The zero-order valence-corrected chi connectivity index (χ0v) is 17.2. The second-order valence-corrected chi connectivity index (χ2v) is 6.92. The Morgan fingerprint density at radius 2 is 1.83 bits per heavy atom. The molecule has 8 heteroatoms. The number of anilines is 1. The van der Waals surface area contributed by atoms with Crippen LogP contribution in [-0.4, -0.2) is 20.8 Å². The Hall–Kier alpha value is -3.26. The van der Waals surface area contributed by atoms with Gasteiger partial charge in [-0.05, 0) is 48.8 Å². The van der Waals surface area contributed by atoms with Crippen molar-refractivity contribution < 1.29 is 4.79 Å². The van der Waals surface area contributed by atoms with E-state index in [1.165, 1.54) is 10.2 Å². The number of benzene rings is 2. The maximum atomic E-state index is 12.7. The van der Waals surface area contributed by atoms with Gasteiger partial charge >= 0.3 is 0 Å². The fraction of sp³-hybridized carbons (Fsp3) is 0.238. The smallest absolute Gasteiger partial charge is 0.290 e. The number of hydrogen-bond donors (Lipinski definition) is 3. The molecular weight excluding hydrogens is 386 g/mol. The summed E-state index contributed by atoms with van der Waals surface area (Å²) in [6.07, 6.45) is 1.65. The lowest BCUT2D eigenvalue weighted by Gasteiger charge is -2.14. The molecule has 1 aromatic heterocycles. The van der Waals surface area contributed by atoms with Crippen LogP contribution in [0, 0.1) is 0 Å². The highest BCUT2D eigenvalue weighted by Crippen LogP contribution is 2.13. The van der Waals surface area contributed by atoms with Gasteiger partial charge in [0.05, 0.1) is 5.39 Å². The maximum absolute atomic E-state index is 12.7. The van der Waals surface area contributed by atoms with Crippen LogP contribution in [0.1, 0.15) is 36.3 Å². The number of aromatic nitrogens is 2. The molecule has 0 fully saturated rings. The fourth-order valence-corrected chi connectivity index (χ4v) is 3.14. The summed E-state index contributed by atoms with van der Waals surface area (Å²) >= 11 is 5.26. The van der Waals surface area contributed by atoms with Crippen LogP contribution in [0.2, 0.25) is 0 Å². The van der Waals surface area contributed by atoms with Crippen molar-refractivity contribution in [3.05, 3.63) is 70.1 Å². The minimum Gasteiger partial charge on any atom is -0.331 e. The largest absolute Gasteiger partial charge is 0.331 e. The number of thiocarbonyl (C=S) groups is 1. The summed E-state index contributed by atoms with van der Waals surface area (Å²) in [5.41, 5.74) is 7.21. The first-order valence-electron chi connectivity index (χ1n) is 9.49. The van der Waals surface area contributed by atoms with Crippen LogP contribution in [0.25, 0.3) is 10.8 Å². The second-order valence-electron chi connectivity index (χ2n) is 6.51. The van der Waals surface area contributed by atoms with Crippen LogP contribution >= 0.6 is 12.2 Å². The third-order valence-corrected chi connectivity index (χ3v) is 4.61. The van der Waals surface area contributed by atoms with Gasteiger partial charge in [0, 0.05) is 17.6 Å². The number of rotatable bonds is 5. The first-order valence-corrected chi connectivity index (χ1v) is 9.90. The van der Waals surface area contributed by atoms with Gasteiger partial charge in [0.15, 0.2) is 10.8 Å². The summed E-state index contributed by atoms with van der Waals surface area (Å²) in [7, 11) is 0. The minimum absolute atomic E-state index is 0.164. The number of fused-ring (bicyclic) bond motifs is 1. The minimum atomic E-state index is -0.475. The van der Waals surface area contributed by atoms with E-state index in [1.807, 2.05) is 31.2 Å². The van der Waals surface area contributed by atoms with Crippen LogP contribution in [0.15, 0.2) is 53.3 Å². The molecule has 0 aliphatic carbocycles. The molecule has 3 rings (SSSR count). The molecule has 1 heterocycles. The van der Waals surface area contributed by atoms with Crippen LogP contribution in [0.3, 0.4) is 0 Å². The van der Waals surface area contributed by atoms with E-state index >= 15 is 0 Å². The maximum Gasteiger partial charge on any atom is 0.290 e. The zero-order valence-electron chi connectivity index (χ0n) is 16.4. The molecule has 0 spiro atoms. The van der Waals surface area contributed by atoms with Crippen molar-refractivity contribution in [1.82, 2.24) is 20.6 Å². The number of hydrazine groups is 1. The van der Waals surface area contributed by atoms with Crippen molar-refractivity contribution in [2.24, 2.45) is 0 Å². The number of hydrogen-bond acceptors (Lipinski definition) is 4. The lowest BCUT2D eigenvalue weighted by Crippen LogP contribution is -2.44. The molecule has 0 unspecified atom stereocenters. The standard InChI is InChI=1S/C21H23N5O2S/c1-3-12-26-20(28)17-11-6-5-10-16(17)18(25-26)19(27)23-24-21(29)22-15-9-7-8-14(4-2)13-15/h5-11,13H,3-4,12H2,1-2H3,(H,23,27)(H2,22,24,29). The van der Waals surface area contributed by atoms with Gasteiger partial charge in [0.25, 0.3) is 11.5 Å². The highest BCUT2D eigenvalue weighted by molar-refractivity contribution is 7.80. The number of nitrogens with zero attached hydrogens (tertiary/aromatic N) is 2. The number of carbonyl (C=O) groups excluding carboxylic acids is 1. The quantitative estimate of drug-likeness (QED) is 0.444. The molecule has 0 aliphatic rings. The van der Waals surface area contributed by atoms with Gasteiger partial charge in [-0.25, -0.2) is 4.68 Å². The Labute approximate surface area is 174 Å². The molecule has 2 aromatic carbocycles. The van der Waals surface area contributed by atoms with E-state index < -0.39 is 5.91 Å². The average Bonchev–Trinajstić information content (AvgIpc) is 2.74. The molecule has 0 bridgehead atoms. The molecule has 0 saturated carbocycles. The van der Waals surface area contributed by atoms with E-state index in [1.54, 1.807) is 24.3 Å². The van der Waals surface area contributed by atoms with Crippen molar-refractivity contribution in [2.75, 3.05) is 5.32 Å². The van der Waals surface area contributed by atoms with Crippen molar-refractivity contribution in [3.63, 3.8) is 0 Å². The van der Waals surface area contributed by atoms with E-state index in [-0.39, 0.29) is 16.4 Å². The summed E-state index contributed by atoms with van der Waals surface area (Å²) in [5, 5.41) is 8.50. The molecule has 3 N–H and O–H groups in total. The van der Waals surface area contributed by atoms with Gasteiger partial charge in [-0.3, -0.25) is 20.4 Å². The molecule has 150 valence electrons.